The zero-order chi connectivity index (χ0) is 27.3. The smallest absolute Gasteiger partial charge is 0.323 e. The van der Waals surface area contributed by atoms with Crippen molar-refractivity contribution >= 4 is 23.5 Å². The van der Waals surface area contributed by atoms with Crippen molar-refractivity contribution in [1.82, 2.24) is 4.90 Å². The number of aliphatic carboxylic acids is 1. The molecule has 0 bridgehead atoms. The van der Waals surface area contributed by atoms with Crippen LogP contribution in [-0.4, -0.2) is 40.1 Å². The molecule has 0 spiro atoms. The Bertz CT molecular complexity index is 1270. The van der Waals surface area contributed by atoms with Gasteiger partial charge in [-0.1, -0.05) is 48.0 Å². The van der Waals surface area contributed by atoms with Gasteiger partial charge in [-0.2, -0.15) is 0 Å². The van der Waals surface area contributed by atoms with Crippen molar-refractivity contribution < 1.29 is 24.2 Å². The number of hydrogen-bond acceptors (Lipinski definition) is 4. The SMILES string of the molecule is CC(C)Oc1ccc(CN(CC(=O)O)C(=O)CCc2ccc3c(c2)C[C@](C)(Cc2ccc(Cl)cc2)O3)cc1. The van der Waals surface area contributed by atoms with Gasteiger partial charge in [0.05, 0.1) is 6.10 Å². The first-order valence-corrected chi connectivity index (χ1v) is 13.3. The van der Waals surface area contributed by atoms with E-state index in [2.05, 4.69) is 13.0 Å². The van der Waals surface area contributed by atoms with Crippen LogP contribution < -0.4 is 9.47 Å². The van der Waals surface area contributed by atoms with E-state index in [0.29, 0.717) is 11.4 Å². The molecule has 4 rings (SSSR count). The number of hydrogen-bond donors (Lipinski definition) is 1. The quantitative estimate of drug-likeness (QED) is 0.320. The van der Waals surface area contributed by atoms with Gasteiger partial charge < -0.3 is 19.5 Å². The fourth-order valence-electron chi connectivity index (χ4n) is 4.83. The number of fused-ring (bicyclic) bond motifs is 1. The van der Waals surface area contributed by atoms with Crippen molar-refractivity contribution in [3.8, 4) is 11.5 Å². The predicted octanol–water partition coefficient (Wildman–Crippen LogP) is 6.11. The Morgan fingerprint density at radius 3 is 2.34 bits per heavy atom. The minimum atomic E-state index is -1.03. The highest BCUT2D eigenvalue weighted by molar-refractivity contribution is 6.30. The molecule has 1 aliphatic heterocycles. The fourth-order valence-corrected chi connectivity index (χ4v) is 4.96. The normalized spacial score (nSPS) is 16.1. The Morgan fingerprint density at radius 2 is 1.68 bits per heavy atom. The highest BCUT2D eigenvalue weighted by Gasteiger charge is 2.35. The third-order valence-electron chi connectivity index (χ3n) is 6.51. The van der Waals surface area contributed by atoms with E-state index in [9.17, 15) is 14.7 Å². The summed E-state index contributed by atoms with van der Waals surface area (Å²) < 4.78 is 12.0. The maximum Gasteiger partial charge on any atom is 0.323 e. The molecule has 1 atom stereocenters. The summed E-state index contributed by atoms with van der Waals surface area (Å²) >= 11 is 6.02. The first-order chi connectivity index (χ1) is 18.1. The van der Waals surface area contributed by atoms with Gasteiger partial charge in [0, 0.05) is 30.8 Å². The zero-order valence-electron chi connectivity index (χ0n) is 22.1. The minimum Gasteiger partial charge on any atom is -0.491 e. The summed E-state index contributed by atoms with van der Waals surface area (Å²) in [4.78, 5) is 25.9. The molecule has 0 aliphatic carbocycles. The molecule has 1 N–H and O–H groups in total. The lowest BCUT2D eigenvalue weighted by Gasteiger charge is -2.24. The van der Waals surface area contributed by atoms with Crippen LogP contribution in [0.2, 0.25) is 5.02 Å². The number of rotatable bonds is 11. The van der Waals surface area contributed by atoms with E-state index in [4.69, 9.17) is 21.1 Å². The maximum absolute atomic E-state index is 13.0. The summed E-state index contributed by atoms with van der Waals surface area (Å²) in [6, 6.07) is 21.3. The number of nitrogens with zero attached hydrogens (tertiary/aromatic N) is 1. The van der Waals surface area contributed by atoms with Crippen LogP contribution in [0.1, 0.15) is 49.4 Å². The Hall–Kier alpha value is -3.51. The molecule has 3 aromatic rings. The lowest BCUT2D eigenvalue weighted by Crippen LogP contribution is -2.35. The molecular weight excluding hydrogens is 502 g/mol. The summed E-state index contributed by atoms with van der Waals surface area (Å²) in [5.41, 5.74) is 3.82. The standard InChI is InChI=1S/C31H34ClNO5/c1-21(2)37-27-12-6-24(7-13-27)19-33(20-30(35)36)29(34)15-9-22-8-14-28-25(16-22)18-31(3,38-28)17-23-4-10-26(32)11-5-23/h4-8,10-14,16,21H,9,15,17-20H2,1-3H3,(H,35,36)/t31-/m0/s1. The topological polar surface area (TPSA) is 76.1 Å². The number of halogens is 1. The van der Waals surface area contributed by atoms with Gasteiger partial charge in [0.2, 0.25) is 5.91 Å². The van der Waals surface area contributed by atoms with Gasteiger partial charge in [-0.3, -0.25) is 9.59 Å². The van der Waals surface area contributed by atoms with Gasteiger partial charge in [0.25, 0.3) is 0 Å². The van der Waals surface area contributed by atoms with Gasteiger partial charge in [0.1, 0.15) is 23.6 Å². The van der Waals surface area contributed by atoms with Crippen molar-refractivity contribution in [1.29, 1.82) is 0 Å². The van der Waals surface area contributed by atoms with Crippen LogP contribution in [-0.2, 0) is 35.4 Å². The molecule has 1 heterocycles. The lowest BCUT2D eigenvalue weighted by atomic mass is 9.91. The molecule has 0 aromatic heterocycles. The van der Waals surface area contributed by atoms with Crippen molar-refractivity contribution in [3.63, 3.8) is 0 Å². The number of carbonyl (C=O) groups excluding carboxylic acids is 1. The van der Waals surface area contributed by atoms with Crippen molar-refractivity contribution in [2.75, 3.05) is 6.54 Å². The average molecular weight is 536 g/mol. The van der Waals surface area contributed by atoms with Crippen LogP contribution in [0.15, 0.2) is 66.7 Å². The van der Waals surface area contributed by atoms with Crippen LogP contribution in [0.5, 0.6) is 11.5 Å². The highest BCUT2D eigenvalue weighted by Crippen LogP contribution is 2.37. The summed E-state index contributed by atoms with van der Waals surface area (Å²) in [6.45, 7) is 5.90. The monoisotopic (exact) mass is 535 g/mol. The van der Waals surface area contributed by atoms with E-state index in [1.807, 2.05) is 74.5 Å². The summed E-state index contributed by atoms with van der Waals surface area (Å²) in [5.74, 6) is 0.380. The number of carboxylic acid groups (broad SMARTS) is 1. The minimum absolute atomic E-state index is 0.0638. The molecule has 0 fully saturated rings. The van der Waals surface area contributed by atoms with Gasteiger partial charge in [-0.05, 0) is 79.8 Å². The highest BCUT2D eigenvalue weighted by atomic mass is 35.5. The van der Waals surface area contributed by atoms with Crippen molar-refractivity contribution in [2.45, 2.75) is 64.7 Å². The summed E-state index contributed by atoms with van der Waals surface area (Å²) in [7, 11) is 0. The van der Waals surface area contributed by atoms with Gasteiger partial charge >= 0.3 is 5.97 Å². The molecule has 1 aliphatic rings. The molecule has 3 aromatic carbocycles. The molecule has 6 nitrogen and oxygen atoms in total. The molecule has 1 amide bonds. The Kier molecular flexibility index (Phi) is 8.62. The van der Waals surface area contributed by atoms with E-state index in [-0.39, 0.29) is 37.1 Å². The fraction of sp³-hybridized carbons (Fsp3) is 0.355. The molecule has 0 saturated heterocycles. The molecule has 38 heavy (non-hydrogen) atoms. The molecule has 0 radical (unpaired) electrons. The summed E-state index contributed by atoms with van der Waals surface area (Å²) in [6.07, 6.45) is 2.35. The van der Waals surface area contributed by atoms with E-state index in [1.165, 1.54) is 4.90 Å². The van der Waals surface area contributed by atoms with E-state index < -0.39 is 5.97 Å². The number of aryl methyl sites for hydroxylation is 1. The van der Waals surface area contributed by atoms with Crippen LogP contribution in [0.25, 0.3) is 0 Å². The second-order valence-electron chi connectivity index (χ2n) is 10.4. The first kappa shape index (κ1) is 27.5. The molecule has 7 heteroatoms. The van der Waals surface area contributed by atoms with Crippen LogP contribution >= 0.6 is 11.6 Å². The van der Waals surface area contributed by atoms with Crippen LogP contribution in [0, 0.1) is 0 Å². The Morgan fingerprint density at radius 1 is 1.03 bits per heavy atom. The number of carboxylic acids is 1. The average Bonchev–Trinajstić information content (AvgIpc) is 3.19. The summed E-state index contributed by atoms with van der Waals surface area (Å²) in [5, 5.41) is 10.1. The van der Waals surface area contributed by atoms with Crippen molar-refractivity contribution in [2.24, 2.45) is 0 Å². The van der Waals surface area contributed by atoms with E-state index in [0.717, 1.165) is 46.6 Å². The molecule has 0 unspecified atom stereocenters. The number of benzene rings is 3. The molecular formula is C31H34ClNO5. The van der Waals surface area contributed by atoms with Crippen LogP contribution in [0.3, 0.4) is 0 Å². The van der Waals surface area contributed by atoms with E-state index >= 15 is 0 Å². The second-order valence-corrected chi connectivity index (χ2v) is 10.9. The van der Waals surface area contributed by atoms with Crippen molar-refractivity contribution in [3.05, 3.63) is 94.0 Å². The Labute approximate surface area is 229 Å². The van der Waals surface area contributed by atoms with Gasteiger partial charge in [0.15, 0.2) is 0 Å². The predicted molar refractivity (Wildman–Crippen MR) is 148 cm³/mol. The second kappa shape index (κ2) is 11.9. The van der Waals surface area contributed by atoms with E-state index in [1.54, 1.807) is 0 Å². The number of carbonyl (C=O) groups is 2. The number of ether oxygens (including phenoxy) is 2. The van der Waals surface area contributed by atoms with Gasteiger partial charge in [-0.25, -0.2) is 0 Å². The third kappa shape index (κ3) is 7.51. The third-order valence-corrected chi connectivity index (χ3v) is 6.76. The zero-order valence-corrected chi connectivity index (χ0v) is 22.8. The molecule has 0 saturated carbocycles. The van der Waals surface area contributed by atoms with Gasteiger partial charge in [-0.15, -0.1) is 0 Å². The lowest BCUT2D eigenvalue weighted by molar-refractivity contribution is -0.144. The van der Waals surface area contributed by atoms with Crippen LogP contribution in [0.4, 0.5) is 0 Å². The first-order valence-electron chi connectivity index (χ1n) is 12.9. The Balaban J connectivity index is 1.36. The maximum atomic E-state index is 13.0. The molecule has 200 valence electrons. The number of amides is 1. The largest absolute Gasteiger partial charge is 0.491 e.